The molecule has 140 valence electrons. The Morgan fingerprint density at radius 1 is 1.15 bits per heavy atom. The highest BCUT2D eigenvalue weighted by atomic mass is 79.9. The summed E-state index contributed by atoms with van der Waals surface area (Å²) in [5.41, 5.74) is 2.14. The van der Waals surface area contributed by atoms with E-state index in [1.807, 2.05) is 41.1 Å². The predicted molar refractivity (Wildman–Crippen MR) is 114 cm³/mol. The lowest BCUT2D eigenvalue weighted by Crippen LogP contribution is -2.01. The first-order valence-corrected chi connectivity index (χ1v) is 10.5. The summed E-state index contributed by atoms with van der Waals surface area (Å²) in [4.78, 5) is 0. The van der Waals surface area contributed by atoms with E-state index in [-0.39, 0.29) is 0 Å². The number of aromatic nitrogens is 3. The van der Waals surface area contributed by atoms with Gasteiger partial charge in [0.2, 0.25) is 5.16 Å². The lowest BCUT2D eigenvalue weighted by Gasteiger charge is -2.06. The molecule has 0 atom stereocenters. The van der Waals surface area contributed by atoms with Crippen LogP contribution in [0.15, 0.2) is 63.3 Å². The van der Waals surface area contributed by atoms with Gasteiger partial charge in [0.25, 0.3) is 0 Å². The summed E-state index contributed by atoms with van der Waals surface area (Å²) in [6.07, 6.45) is 3.61. The van der Waals surface area contributed by atoms with Crippen LogP contribution in [-0.4, -0.2) is 28.2 Å². The molecule has 0 aliphatic carbocycles. The van der Waals surface area contributed by atoms with Crippen LogP contribution in [-0.2, 0) is 12.2 Å². The molecular weight excluding hydrogens is 424 g/mol. The van der Waals surface area contributed by atoms with Gasteiger partial charge in [-0.05, 0) is 36.2 Å². The molecule has 0 unspecified atom stereocenters. The molecule has 0 aliphatic rings. The molecule has 7 heteroatoms. The van der Waals surface area contributed by atoms with Gasteiger partial charge >= 0.3 is 0 Å². The van der Waals surface area contributed by atoms with E-state index in [2.05, 4.69) is 50.3 Å². The number of ether oxygens (including phenoxy) is 1. The summed E-state index contributed by atoms with van der Waals surface area (Å²) in [7, 11) is 1.66. The Kier molecular flexibility index (Phi) is 7.06. The van der Waals surface area contributed by atoms with E-state index in [1.165, 1.54) is 5.56 Å². The Morgan fingerprint density at radius 2 is 1.93 bits per heavy atom. The lowest BCUT2D eigenvalue weighted by molar-refractivity contribution is 0.414. The van der Waals surface area contributed by atoms with Crippen LogP contribution in [0.25, 0.3) is 0 Å². The fourth-order valence-electron chi connectivity index (χ4n) is 2.50. The monoisotopic (exact) mass is 444 g/mol. The zero-order valence-electron chi connectivity index (χ0n) is 15.3. The highest BCUT2D eigenvalue weighted by Gasteiger charge is 2.12. The standard InChI is InChI=1S/C20H21BrN4OS/c1-3-6-19-23-24-20(27-14-15-9-11-17(21)12-10-15)25(19)22-13-16-7-4-5-8-18(16)26-2/h4-5,7-13H,3,6,14H2,1-2H3/b22-13-. The number of aryl methyl sites for hydroxylation is 1. The number of thioether (sulfide) groups is 1. The maximum atomic E-state index is 5.40. The highest BCUT2D eigenvalue weighted by Crippen LogP contribution is 2.24. The molecule has 3 aromatic rings. The van der Waals surface area contributed by atoms with Crippen molar-refractivity contribution in [2.75, 3.05) is 7.11 Å². The molecule has 0 N–H and O–H groups in total. The molecule has 1 aromatic heterocycles. The average Bonchev–Trinajstić information content (AvgIpc) is 3.08. The van der Waals surface area contributed by atoms with E-state index < -0.39 is 0 Å². The van der Waals surface area contributed by atoms with E-state index in [0.29, 0.717) is 0 Å². The van der Waals surface area contributed by atoms with Gasteiger partial charge in [0.15, 0.2) is 5.82 Å². The second-order valence-corrected chi connectivity index (χ2v) is 7.72. The van der Waals surface area contributed by atoms with Crippen LogP contribution in [0.2, 0.25) is 0 Å². The van der Waals surface area contributed by atoms with Crippen LogP contribution in [0, 0.1) is 0 Å². The van der Waals surface area contributed by atoms with E-state index >= 15 is 0 Å². The molecule has 3 rings (SSSR count). The maximum Gasteiger partial charge on any atom is 0.212 e. The van der Waals surface area contributed by atoms with Gasteiger partial charge in [-0.3, -0.25) is 0 Å². The number of halogens is 1. The van der Waals surface area contributed by atoms with Crippen LogP contribution < -0.4 is 4.74 Å². The minimum absolute atomic E-state index is 0.785. The number of benzene rings is 2. The van der Waals surface area contributed by atoms with E-state index in [4.69, 9.17) is 4.74 Å². The molecule has 0 spiro atoms. The Balaban J connectivity index is 1.82. The molecule has 0 fully saturated rings. The van der Waals surface area contributed by atoms with Crippen molar-refractivity contribution in [2.45, 2.75) is 30.7 Å². The molecule has 0 amide bonds. The summed E-state index contributed by atoms with van der Waals surface area (Å²) < 4.78 is 8.31. The van der Waals surface area contributed by atoms with E-state index in [9.17, 15) is 0 Å². The van der Waals surface area contributed by atoms with Gasteiger partial charge in [-0.1, -0.05) is 58.9 Å². The molecule has 0 aliphatic heterocycles. The van der Waals surface area contributed by atoms with Crippen molar-refractivity contribution in [3.8, 4) is 5.75 Å². The molecule has 5 nitrogen and oxygen atoms in total. The van der Waals surface area contributed by atoms with Crippen LogP contribution >= 0.6 is 27.7 Å². The van der Waals surface area contributed by atoms with Gasteiger partial charge in [0, 0.05) is 22.2 Å². The molecule has 0 radical (unpaired) electrons. The number of hydrogen-bond donors (Lipinski definition) is 0. The molecule has 0 saturated heterocycles. The van der Waals surface area contributed by atoms with Gasteiger partial charge in [0.05, 0.1) is 13.3 Å². The van der Waals surface area contributed by atoms with Gasteiger partial charge in [0.1, 0.15) is 5.75 Å². The Labute approximate surface area is 172 Å². The number of hydrogen-bond acceptors (Lipinski definition) is 5. The van der Waals surface area contributed by atoms with Gasteiger partial charge in [-0.15, -0.1) is 10.2 Å². The van der Waals surface area contributed by atoms with Crippen molar-refractivity contribution in [1.29, 1.82) is 0 Å². The molecular formula is C20H21BrN4OS. The van der Waals surface area contributed by atoms with Gasteiger partial charge in [-0.2, -0.15) is 9.78 Å². The fourth-order valence-corrected chi connectivity index (χ4v) is 3.63. The number of rotatable bonds is 8. The quantitative estimate of drug-likeness (QED) is 0.354. The molecule has 2 aromatic carbocycles. The van der Waals surface area contributed by atoms with Crippen molar-refractivity contribution in [2.24, 2.45) is 5.10 Å². The minimum atomic E-state index is 0.785. The van der Waals surface area contributed by atoms with Crippen molar-refractivity contribution >= 4 is 33.9 Å². The van der Waals surface area contributed by atoms with Crippen molar-refractivity contribution in [3.05, 3.63) is 70.0 Å². The van der Waals surface area contributed by atoms with Crippen LogP contribution in [0.3, 0.4) is 0 Å². The first kappa shape index (κ1) is 19.6. The SMILES string of the molecule is CCCc1nnc(SCc2ccc(Br)cc2)n1/N=C\c1ccccc1OC. The third kappa shape index (κ3) is 5.20. The smallest absolute Gasteiger partial charge is 0.212 e. The van der Waals surface area contributed by atoms with Crippen molar-refractivity contribution in [1.82, 2.24) is 14.9 Å². The molecule has 27 heavy (non-hydrogen) atoms. The first-order chi connectivity index (χ1) is 13.2. The molecule has 0 saturated carbocycles. The Bertz CT molecular complexity index is 909. The third-order valence-corrected chi connectivity index (χ3v) is 5.40. The lowest BCUT2D eigenvalue weighted by atomic mass is 10.2. The Hall–Kier alpha value is -2.12. The largest absolute Gasteiger partial charge is 0.496 e. The summed E-state index contributed by atoms with van der Waals surface area (Å²) in [5, 5.41) is 14.1. The summed E-state index contributed by atoms with van der Waals surface area (Å²) in [5.74, 6) is 2.46. The van der Waals surface area contributed by atoms with Crippen LogP contribution in [0.4, 0.5) is 0 Å². The molecule has 1 heterocycles. The molecule has 0 bridgehead atoms. The van der Waals surface area contributed by atoms with Crippen molar-refractivity contribution < 1.29 is 4.74 Å². The van der Waals surface area contributed by atoms with Gasteiger partial charge < -0.3 is 4.74 Å². The first-order valence-electron chi connectivity index (χ1n) is 8.70. The summed E-state index contributed by atoms with van der Waals surface area (Å²) in [6.45, 7) is 2.12. The van der Waals surface area contributed by atoms with E-state index in [1.54, 1.807) is 25.1 Å². The minimum Gasteiger partial charge on any atom is -0.496 e. The fraction of sp³-hybridized carbons (Fsp3) is 0.250. The summed E-state index contributed by atoms with van der Waals surface area (Å²) in [6, 6.07) is 16.1. The highest BCUT2D eigenvalue weighted by molar-refractivity contribution is 9.10. The number of methoxy groups -OCH3 is 1. The predicted octanol–water partition coefficient (Wildman–Crippen LogP) is 5.18. The zero-order valence-corrected chi connectivity index (χ0v) is 17.7. The number of nitrogens with zero attached hydrogens (tertiary/aromatic N) is 4. The van der Waals surface area contributed by atoms with Crippen LogP contribution in [0.5, 0.6) is 5.75 Å². The van der Waals surface area contributed by atoms with Crippen molar-refractivity contribution in [3.63, 3.8) is 0 Å². The Morgan fingerprint density at radius 3 is 2.67 bits per heavy atom. The maximum absolute atomic E-state index is 5.40. The topological polar surface area (TPSA) is 52.3 Å². The van der Waals surface area contributed by atoms with E-state index in [0.717, 1.165) is 45.4 Å². The van der Waals surface area contributed by atoms with Gasteiger partial charge in [-0.25, -0.2) is 0 Å². The number of para-hydroxylation sites is 1. The second kappa shape index (κ2) is 9.71. The zero-order chi connectivity index (χ0) is 19.1. The summed E-state index contributed by atoms with van der Waals surface area (Å²) >= 11 is 5.09. The third-order valence-electron chi connectivity index (χ3n) is 3.88. The average molecular weight is 445 g/mol. The second-order valence-electron chi connectivity index (χ2n) is 5.86. The van der Waals surface area contributed by atoms with Crippen LogP contribution in [0.1, 0.15) is 30.3 Å². The normalized spacial score (nSPS) is 11.2.